The zero-order chi connectivity index (χ0) is 8.69. The number of hydrogen-bond donors (Lipinski definition) is 1. The number of thioether (sulfide) groups is 1. The first-order chi connectivity index (χ1) is 5.20. The highest BCUT2D eigenvalue weighted by Crippen LogP contribution is 2.05. The Bertz CT molecular complexity index is 88.2. The van der Waals surface area contributed by atoms with Crippen molar-refractivity contribution in [2.24, 2.45) is 5.73 Å². The molecule has 0 aliphatic carbocycles. The fraction of sp³-hybridized carbons (Fsp3) is 1.00. The predicted octanol–water partition coefficient (Wildman–Crippen LogP) is 1.49. The Morgan fingerprint density at radius 1 is 1.45 bits per heavy atom. The van der Waals surface area contributed by atoms with Gasteiger partial charge in [0.15, 0.2) is 0 Å². The molecule has 0 spiro atoms. The number of ether oxygens (including phenoxy) is 1. The Hall–Kier alpha value is 0.270. The van der Waals surface area contributed by atoms with E-state index in [9.17, 15) is 0 Å². The van der Waals surface area contributed by atoms with Crippen molar-refractivity contribution in [3.8, 4) is 0 Å². The molecule has 0 amide bonds. The van der Waals surface area contributed by atoms with Crippen LogP contribution in [0, 0.1) is 0 Å². The number of nitrogens with two attached hydrogens (primary N) is 1. The third-order valence-corrected chi connectivity index (χ3v) is 2.02. The van der Waals surface area contributed by atoms with E-state index in [1.54, 1.807) is 0 Å². The molecule has 0 saturated carbocycles. The van der Waals surface area contributed by atoms with Crippen molar-refractivity contribution in [1.82, 2.24) is 0 Å². The van der Waals surface area contributed by atoms with Crippen LogP contribution in [0.1, 0.15) is 20.3 Å². The topological polar surface area (TPSA) is 35.2 Å². The van der Waals surface area contributed by atoms with Gasteiger partial charge < -0.3 is 10.5 Å². The average Bonchev–Trinajstić information content (AvgIpc) is 1.97. The lowest BCUT2D eigenvalue weighted by Crippen LogP contribution is -2.27. The van der Waals surface area contributed by atoms with E-state index in [1.807, 2.05) is 25.6 Å². The molecular formula is C8H19NOS. The second-order valence-electron chi connectivity index (χ2n) is 2.82. The van der Waals surface area contributed by atoms with Gasteiger partial charge in [-0.15, -0.1) is 0 Å². The summed E-state index contributed by atoms with van der Waals surface area (Å²) in [4.78, 5) is 0. The minimum absolute atomic E-state index is 0.252. The lowest BCUT2D eigenvalue weighted by molar-refractivity contribution is 0.0121. The van der Waals surface area contributed by atoms with Gasteiger partial charge in [-0.25, -0.2) is 0 Å². The minimum atomic E-state index is 0.252. The second-order valence-corrected chi connectivity index (χ2v) is 3.81. The zero-order valence-electron chi connectivity index (χ0n) is 7.67. The van der Waals surface area contributed by atoms with Gasteiger partial charge in [0.2, 0.25) is 0 Å². The zero-order valence-corrected chi connectivity index (χ0v) is 8.49. The van der Waals surface area contributed by atoms with Gasteiger partial charge >= 0.3 is 0 Å². The van der Waals surface area contributed by atoms with Crippen molar-refractivity contribution in [2.45, 2.75) is 32.5 Å². The molecule has 0 bridgehead atoms. The summed E-state index contributed by atoms with van der Waals surface area (Å²) in [5.41, 5.74) is 5.53. The Balaban J connectivity index is 3.41. The first-order valence-electron chi connectivity index (χ1n) is 4.05. The highest BCUT2D eigenvalue weighted by atomic mass is 32.2. The van der Waals surface area contributed by atoms with E-state index < -0.39 is 0 Å². The summed E-state index contributed by atoms with van der Waals surface area (Å²) in [5.74, 6) is 1.13. The van der Waals surface area contributed by atoms with Crippen LogP contribution in [-0.2, 0) is 4.74 Å². The molecule has 1 unspecified atom stereocenters. The molecule has 3 heteroatoms. The van der Waals surface area contributed by atoms with E-state index in [-0.39, 0.29) is 6.10 Å². The maximum Gasteiger partial charge on any atom is 0.0708 e. The summed E-state index contributed by atoms with van der Waals surface area (Å²) in [6.07, 6.45) is 3.71. The molecule has 0 aliphatic heterocycles. The van der Waals surface area contributed by atoms with Crippen LogP contribution < -0.4 is 5.73 Å². The van der Waals surface area contributed by atoms with Gasteiger partial charge in [-0.2, -0.15) is 11.8 Å². The molecule has 68 valence electrons. The van der Waals surface area contributed by atoms with Crippen LogP contribution in [0.15, 0.2) is 0 Å². The van der Waals surface area contributed by atoms with Crippen molar-refractivity contribution in [1.29, 1.82) is 0 Å². The van der Waals surface area contributed by atoms with Crippen molar-refractivity contribution < 1.29 is 4.74 Å². The van der Waals surface area contributed by atoms with Crippen molar-refractivity contribution in [3.05, 3.63) is 0 Å². The normalized spacial score (nSPS) is 13.9. The van der Waals surface area contributed by atoms with E-state index in [2.05, 4.69) is 6.26 Å². The third kappa shape index (κ3) is 6.66. The van der Waals surface area contributed by atoms with Crippen LogP contribution in [0.4, 0.5) is 0 Å². The molecular weight excluding hydrogens is 158 g/mol. The van der Waals surface area contributed by atoms with Crippen LogP contribution in [0.25, 0.3) is 0 Å². The molecule has 0 rings (SSSR count). The number of rotatable bonds is 6. The molecule has 0 radical (unpaired) electrons. The quantitative estimate of drug-likeness (QED) is 0.667. The van der Waals surface area contributed by atoms with Gasteiger partial charge in [-0.1, -0.05) is 0 Å². The monoisotopic (exact) mass is 177 g/mol. The summed E-state index contributed by atoms with van der Waals surface area (Å²) in [5, 5.41) is 0. The van der Waals surface area contributed by atoms with Gasteiger partial charge in [0.1, 0.15) is 0 Å². The van der Waals surface area contributed by atoms with Crippen LogP contribution >= 0.6 is 11.8 Å². The standard InChI is InChI=1S/C8H19NOS/c1-7(2)10-8(6-9)4-5-11-3/h7-8H,4-6,9H2,1-3H3. The maximum absolute atomic E-state index is 5.56. The average molecular weight is 177 g/mol. The molecule has 0 aliphatic rings. The van der Waals surface area contributed by atoms with Crippen molar-refractivity contribution in [2.75, 3.05) is 18.6 Å². The molecule has 0 aromatic carbocycles. The second kappa shape index (κ2) is 6.95. The molecule has 0 fully saturated rings. The Morgan fingerprint density at radius 3 is 2.45 bits per heavy atom. The van der Waals surface area contributed by atoms with Gasteiger partial charge in [-0.05, 0) is 32.3 Å². The van der Waals surface area contributed by atoms with Crippen LogP contribution in [0.3, 0.4) is 0 Å². The molecule has 1 atom stereocenters. The molecule has 2 N–H and O–H groups in total. The number of hydrogen-bond acceptors (Lipinski definition) is 3. The molecule has 0 aromatic heterocycles. The highest BCUT2D eigenvalue weighted by molar-refractivity contribution is 7.98. The summed E-state index contributed by atoms with van der Waals surface area (Å²) in [6.45, 7) is 4.72. The summed E-state index contributed by atoms with van der Waals surface area (Å²) < 4.78 is 5.56. The lowest BCUT2D eigenvalue weighted by atomic mass is 10.3. The Labute approximate surface area is 73.9 Å². The van der Waals surface area contributed by atoms with E-state index in [4.69, 9.17) is 10.5 Å². The Kier molecular flexibility index (Phi) is 7.12. The largest absolute Gasteiger partial charge is 0.374 e. The minimum Gasteiger partial charge on any atom is -0.374 e. The summed E-state index contributed by atoms with van der Waals surface area (Å²) in [7, 11) is 0. The lowest BCUT2D eigenvalue weighted by Gasteiger charge is -2.17. The molecule has 2 nitrogen and oxygen atoms in total. The molecule has 0 aromatic rings. The fourth-order valence-corrected chi connectivity index (χ4v) is 1.37. The van der Waals surface area contributed by atoms with Crippen LogP contribution in [0.2, 0.25) is 0 Å². The summed E-state index contributed by atoms with van der Waals surface area (Å²) >= 11 is 1.84. The van der Waals surface area contributed by atoms with Gasteiger partial charge in [-0.3, -0.25) is 0 Å². The maximum atomic E-state index is 5.56. The highest BCUT2D eigenvalue weighted by Gasteiger charge is 2.07. The predicted molar refractivity (Wildman–Crippen MR) is 52.1 cm³/mol. The van der Waals surface area contributed by atoms with Gasteiger partial charge in [0, 0.05) is 6.54 Å². The molecule has 11 heavy (non-hydrogen) atoms. The third-order valence-electron chi connectivity index (χ3n) is 1.37. The first kappa shape index (κ1) is 11.3. The summed E-state index contributed by atoms with van der Waals surface area (Å²) in [6, 6.07) is 0. The van der Waals surface area contributed by atoms with Crippen molar-refractivity contribution in [3.63, 3.8) is 0 Å². The van der Waals surface area contributed by atoms with Crippen LogP contribution in [-0.4, -0.2) is 30.8 Å². The van der Waals surface area contributed by atoms with Gasteiger partial charge in [0.25, 0.3) is 0 Å². The van der Waals surface area contributed by atoms with E-state index >= 15 is 0 Å². The van der Waals surface area contributed by atoms with Crippen molar-refractivity contribution >= 4 is 11.8 Å². The first-order valence-corrected chi connectivity index (χ1v) is 5.44. The molecule has 0 heterocycles. The SMILES string of the molecule is CSCCC(CN)OC(C)C. The fourth-order valence-electron chi connectivity index (χ4n) is 0.876. The van der Waals surface area contributed by atoms with Gasteiger partial charge in [0.05, 0.1) is 12.2 Å². The van der Waals surface area contributed by atoms with Crippen LogP contribution in [0.5, 0.6) is 0 Å². The van der Waals surface area contributed by atoms with E-state index in [0.717, 1.165) is 12.2 Å². The molecule has 0 saturated heterocycles. The smallest absolute Gasteiger partial charge is 0.0708 e. The Morgan fingerprint density at radius 2 is 2.09 bits per heavy atom. The van der Waals surface area contributed by atoms with E-state index in [1.165, 1.54) is 0 Å². The van der Waals surface area contributed by atoms with E-state index in [0.29, 0.717) is 12.6 Å².